The zero-order chi connectivity index (χ0) is 15.4. The Hall–Kier alpha value is -2.01. The highest BCUT2D eigenvalue weighted by Gasteiger charge is 2.08. The number of benzene rings is 1. The number of amides is 2. The van der Waals surface area contributed by atoms with Gasteiger partial charge in [0.05, 0.1) is 12.6 Å². The lowest BCUT2D eigenvalue weighted by Gasteiger charge is -2.12. The van der Waals surface area contributed by atoms with Crippen molar-refractivity contribution in [2.24, 2.45) is 5.92 Å². The molecule has 0 fully saturated rings. The Balaban J connectivity index is 2.11. The van der Waals surface area contributed by atoms with Gasteiger partial charge in [-0.3, -0.25) is 0 Å². The van der Waals surface area contributed by atoms with Gasteiger partial charge in [-0.1, -0.05) is 13.8 Å². The standard InChI is InChI=1S/C16H23N3O2/c1-11(2)9-19-7-6-13-8-14(4-5-15(13)19)18-16(21)17-12(3)10-20/h4-8,11-12,20H,9-10H2,1-3H3,(H2,17,18,21). The van der Waals surface area contributed by atoms with Crippen molar-refractivity contribution < 1.29 is 9.90 Å². The molecule has 1 unspecified atom stereocenters. The van der Waals surface area contributed by atoms with E-state index < -0.39 is 0 Å². The highest BCUT2D eigenvalue weighted by molar-refractivity contribution is 5.93. The number of urea groups is 1. The van der Waals surface area contributed by atoms with Crippen LogP contribution >= 0.6 is 0 Å². The summed E-state index contributed by atoms with van der Waals surface area (Å²) >= 11 is 0. The van der Waals surface area contributed by atoms with Crippen molar-refractivity contribution in [1.29, 1.82) is 0 Å². The molecule has 2 aromatic rings. The number of hydrogen-bond donors (Lipinski definition) is 3. The van der Waals surface area contributed by atoms with Gasteiger partial charge in [0.1, 0.15) is 0 Å². The molecule has 2 amide bonds. The molecule has 1 aromatic carbocycles. The number of aliphatic hydroxyl groups excluding tert-OH is 1. The molecule has 0 spiro atoms. The fourth-order valence-corrected chi connectivity index (χ4v) is 2.27. The molecule has 21 heavy (non-hydrogen) atoms. The summed E-state index contributed by atoms with van der Waals surface area (Å²) in [6.45, 7) is 7.02. The van der Waals surface area contributed by atoms with Crippen LogP contribution in [0.25, 0.3) is 10.9 Å². The summed E-state index contributed by atoms with van der Waals surface area (Å²) in [7, 11) is 0. The van der Waals surface area contributed by atoms with E-state index in [0.29, 0.717) is 5.92 Å². The summed E-state index contributed by atoms with van der Waals surface area (Å²) in [5, 5.41) is 15.5. The van der Waals surface area contributed by atoms with Crippen molar-refractivity contribution in [3.63, 3.8) is 0 Å². The molecule has 1 aromatic heterocycles. The number of carbonyl (C=O) groups excluding carboxylic acids is 1. The van der Waals surface area contributed by atoms with Crippen LogP contribution in [0, 0.1) is 5.92 Å². The molecule has 5 heteroatoms. The van der Waals surface area contributed by atoms with Gasteiger partial charge in [0, 0.05) is 29.3 Å². The largest absolute Gasteiger partial charge is 0.394 e. The summed E-state index contributed by atoms with van der Waals surface area (Å²) in [4.78, 5) is 11.7. The summed E-state index contributed by atoms with van der Waals surface area (Å²) in [5.41, 5.74) is 1.91. The predicted octanol–water partition coefficient (Wildman–Crippen LogP) is 2.80. The molecular formula is C16H23N3O2. The van der Waals surface area contributed by atoms with Gasteiger partial charge in [0.25, 0.3) is 0 Å². The molecule has 1 atom stereocenters. The van der Waals surface area contributed by atoms with Crippen LogP contribution in [-0.2, 0) is 6.54 Å². The topological polar surface area (TPSA) is 66.3 Å². The first-order valence-electron chi connectivity index (χ1n) is 7.27. The highest BCUT2D eigenvalue weighted by Crippen LogP contribution is 2.21. The van der Waals surface area contributed by atoms with E-state index in [-0.39, 0.29) is 18.7 Å². The maximum atomic E-state index is 11.7. The lowest BCUT2D eigenvalue weighted by atomic mass is 10.2. The van der Waals surface area contributed by atoms with E-state index in [1.165, 1.54) is 5.52 Å². The van der Waals surface area contributed by atoms with Gasteiger partial charge >= 0.3 is 6.03 Å². The Morgan fingerprint density at radius 1 is 1.29 bits per heavy atom. The van der Waals surface area contributed by atoms with Gasteiger partial charge in [0.15, 0.2) is 0 Å². The van der Waals surface area contributed by atoms with Crippen molar-refractivity contribution in [2.45, 2.75) is 33.4 Å². The van der Waals surface area contributed by atoms with Crippen molar-refractivity contribution >= 4 is 22.6 Å². The Morgan fingerprint density at radius 3 is 2.71 bits per heavy atom. The van der Waals surface area contributed by atoms with E-state index >= 15 is 0 Å². The number of fused-ring (bicyclic) bond motifs is 1. The molecule has 0 saturated carbocycles. The second-order valence-corrected chi connectivity index (χ2v) is 5.82. The van der Waals surface area contributed by atoms with Crippen molar-refractivity contribution in [1.82, 2.24) is 9.88 Å². The molecule has 1 heterocycles. The maximum absolute atomic E-state index is 11.7. The minimum absolute atomic E-state index is 0.0789. The van der Waals surface area contributed by atoms with Crippen molar-refractivity contribution in [3.8, 4) is 0 Å². The Kier molecular flexibility index (Phi) is 4.85. The van der Waals surface area contributed by atoms with Crippen molar-refractivity contribution in [3.05, 3.63) is 30.5 Å². The maximum Gasteiger partial charge on any atom is 0.319 e. The van der Waals surface area contributed by atoms with Crippen LogP contribution in [-0.4, -0.2) is 28.4 Å². The zero-order valence-electron chi connectivity index (χ0n) is 12.8. The molecule has 0 saturated heterocycles. The van der Waals surface area contributed by atoms with E-state index in [1.807, 2.05) is 18.2 Å². The molecule has 0 aliphatic heterocycles. The normalized spacial score (nSPS) is 12.6. The number of nitrogens with one attached hydrogen (secondary N) is 2. The number of aliphatic hydroxyl groups is 1. The summed E-state index contributed by atoms with van der Waals surface area (Å²) in [6.07, 6.45) is 2.07. The first-order chi connectivity index (χ1) is 9.99. The lowest BCUT2D eigenvalue weighted by molar-refractivity contribution is 0.229. The fourth-order valence-electron chi connectivity index (χ4n) is 2.27. The molecule has 5 nitrogen and oxygen atoms in total. The molecule has 0 aliphatic carbocycles. The van der Waals surface area contributed by atoms with E-state index in [9.17, 15) is 4.79 Å². The summed E-state index contributed by atoms with van der Waals surface area (Å²) in [6, 6.07) is 7.34. The van der Waals surface area contributed by atoms with E-state index in [4.69, 9.17) is 5.11 Å². The van der Waals surface area contributed by atoms with Gasteiger partial charge < -0.3 is 20.3 Å². The average molecular weight is 289 g/mol. The molecule has 2 rings (SSSR count). The number of aromatic nitrogens is 1. The lowest BCUT2D eigenvalue weighted by Crippen LogP contribution is -2.38. The van der Waals surface area contributed by atoms with Gasteiger partial charge in [-0.05, 0) is 37.1 Å². The predicted molar refractivity (Wildman–Crippen MR) is 85.5 cm³/mol. The highest BCUT2D eigenvalue weighted by atomic mass is 16.3. The minimum atomic E-state index is -0.308. The summed E-state index contributed by atoms with van der Waals surface area (Å²) in [5.74, 6) is 0.587. The number of carbonyl (C=O) groups is 1. The molecule has 0 radical (unpaired) electrons. The van der Waals surface area contributed by atoms with Gasteiger partial charge in [-0.15, -0.1) is 0 Å². The molecule has 0 aliphatic rings. The fraction of sp³-hybridized carbons (Fsp3) is 0.438. The monoisotopic (exact) mass is 289 g/mol. The first-order valence-corrected chi connectivity index (χ1v) is 7.27. The number of anilines is 1. The molecule has 3 N–H and O–H groups in total. The van der Waals surface area contributed by atoms with Crippen LogP contribution in [0.2, 0.25) is 0 Å². The van der Waals surface area contributed by atoms with Gasteiger partial charge in [0.2, 0.25) is 0 Å². The van der Waals surface area contributed by atoms with E-state index in [2.05, 4.69) is 41.3 Å². The van der Waals surface area contributed by atoms with Gasteiger partial charge in [-0.25, -0.2) is 4.79 Å². The number of hydrogen-bond acceptors (Lipinski definition) is 2. The number of rotatable bonds is 5. The van der Waals surface area contributed by atoms with E-state index in [1.54, 1.807) is 6.92 Å². The van der Waals surface area contributed by atoms with Crippen LogP contribution in [0.3, 0.4) is 0 Å². The number of nitrogens with zero attached hydrogens (tertiary/aromatic N) is 1. The van der Waals surface area contributed by atoms with Crippen LogP contribution in [0.4, 0.5) is 10.5 Å². The first kappa shape index (κ1) is 15.4. The van der Waals surface area contributed by atoms with E-state index in [0.717, 1.165) is 17.6 Å². The van der Waals surface area contributed by atoms with Crippen LogP contribution in [0.5, 0.6) is 0 Å². The van der Waals surface area contributed by atoms with Crippen molar-refractivity contribution in [2.75, 3.05) is 11.9 Å². The summed E-state index contributed by atoms with van der Waals surface area (Å²) < 4.78 is 2.22. The van der Waals surface area contributed by atoms with Crippen LogP contribution < -0.4 is 10.6 Å². The average Bonchev–Trinajstić information content (AvgIpc) is 2.80. The Morgan fingerprint density at radius 2 is 2.05 bits per heavy atom. The van der Waals surface area contributed by atoms with Crippen LogP contribution in [0.15, 0.2) is 30.5 Å². The molecule has 0 bridgehead atoms. The second-order valence-electron chi connectivity index (χ2n) is 5.82. The SMILES string of the molecule is CC(C)Cn1ccc2cc(NC(=O)NC(C)CO)ccc21. The smallest absolute Gasteiger partial charge is 0.319 e. The quantitative estimate of drug-likeness (QED) is 0.792. The van der Waals surface area contributed by atoms with Gasteiger partial charge in [-0.2, -0.15) is 0 Å². The Bertz CT molecular complexity index is 619. The Labute approximate surface area is 125 Å². The zero-order valence-corrected chi connectivity index (χ0v) is 12.8. The third-order valence-electron chi connectivity index (χ3n) is 3.24. The molecular weight excluding hydrogens is 266 g/mol. The second kappa shape index (κ2) is 6.63. The third-order valence-corrected chi connectivity index (χ3v) is 3.24. The van der Waals surface area contributed by atoms with Crippen LogP contribution in [0.1, 0.15) is 20.8 Å². The minimum Gasteiger partial charge on any atom is -0.394 e. The third kappa shape index (κ3) is 3.98. The molecule has 114 valence electrons.